The molecule has 34 heavy (non-hydrogen) atoms. The average molecular weight is 521 g/mol. The molecule has 3 aromatic carbocycles. The zero-order valence-electron chi connectivity index (χ0n) is 17.5. The van der Waals surface area contributed by atoms with E-state index in [0.717, 1.165) is 0 Å². The fraction of sp³-hybridized carbons (Fsp3) is 0.0435. The minimum atomic E-state index is -0.709. The molecule has 0 fully saturated rings. The van der Waals surface area contributed by atoms with E-state index in [2.05, 4.69) is 10.6 Å². The first kappa shape index (κ1) is 25.0. The summed E-state index contributed by atoms with van der Waals surface area (Å²) in [6.45, 7) is 0. The maximum absolute atomic E-state index is 13.1. The van der Waals surface area contributed by atoms with Crippen LogP contribution in [0.4, 0.5) is 11.4 Å². The van der Waals surface area contributed by atoms with Gasteiger partial charge in [-0.2, -0.15) is 0 Å². The molecule has 2 N–H and O–H groups in total. The number of benzene rings is 3. The van der Waals surface area contributed by atoms with Crippen LogP contribution in [0.15, 0.2) is 66.4 Å². The standard InChI is InChI=1S/C23H16Cl3N3O5/c1-34-21-8-5-14(24)11-17(21)22(30)28-20(10-13-3-2-4-16(9-13)29(32)33)23(31)27-15-6-7-18(25)19(26)12-15/h2-12H,1H3,(H,27,31)(H,28,30)/b20-10-. The number of amides is 2. The molecule has 0 atom stereocenters. The van der Waals surface area contributed by atoms with Crippen LogP contribution in [0, 0.1) is 10.1 Å². The number of carbonyl (C=O) groups excluding carboxylic acids is 2. The maximum atomic E-state index is 13.1. The second kappa shape index (κ2) is 11.0. The van der Waals surface area contributed by atoms with Gasteiger partial charge in [0, 0.05) is 22.8 Å². The lowest BCUT2D eigenvalue weighted by Crippen LogP contribution is -2.31. The molecule has 0 saturated heterocycles. The molecule has 0 aromatic heterocycles. The molecule has 0 saturated carbocycles. The van der Waals surface area contributed by atoms with Gasteiger partial charge in [0.2, 0.25) is 0 Å². The number of nitrogens with one attached hydrogen (secondary N) is 2. The Labute approximate surface area is 209 Å². The van der Waals surface area contributed by atoms with Crippen LogP contribution >= 0.6 is 34.8 Å². The minimum absolute atomic E-state index is 0.0854. The number of hydrogen-bond acceptors (Lipinski definition) is 5. The van der Waals surface area contributed by atoms with Crippen molar-refractivity contribution in [2.24, 2.45) is 0 Å². The molecule has 0 aliphatic rings. The van der Waals surface area contributed by atoms with Crippen LogP contribution in [-0.2, 0) is 4.79 Å². The van der Waals surface area contributed by atoms with Crippen molar-refractivity contribution in [2.45, 2.75) is 0 Å². The van der Waals surface area contributed by atoms with Crippen LogP contribution in [0.5, 0.6) is 5.75 Å². The van der Waals surface area contributed by atoms with Crippen LogP contribution in [0.3, 0.4) is 0 Å². The molecule has 0 spiro atoms. The summed E-state index contributed by atoms with van der Waals surface area (Å²) in [5.74, 6) is -1.15. The highest BCUT2D eigenvalue weighted by Gasteiger charge is 2.19. The quantitative estimate of drug-likeness (QED) is 0.226. The lowest BCUT2D eigenvalue weighted by atomic mass is 10.1. The van der Waals surface area contributed by atoms with Crippen molar-refractivity contribution in [2.75, 3.05) is 12.4 Å². The molecule has 3 rings (SSSR count). The van der Waals surface area contributed by atoms with Gasteiger partial charge in [-0.3, -0.25) is 19.7 Å². The highest BCUT2D eigenvalue weighted by molar-refractivity contribution is 6.42. The van der Waals surface area contributed by atoms with E-state index >= 15 is 0 Å². The second-order valence-electron chi connectivity index (χ2n) is 6.79. The molecular formula is C23H16Cl3N3O5. The third kappa shape index (κ3) is 6.26. The number of nitrogens with zero attached hydrogens (tertiary/aromatic N) is 1. The summed E-state index contributed by atoms with van der Waals surface area (Å²) >= 11 is 17.9. The third-order valence-corrected chi connectivity index (χ3v) is 5.44. The molecule has 8 nitrogen and oxygen atoms in total. The number of nitro groups is 1. The van der Waals surface area contributed by atoms with Gasteiger partial charge < -0.3 is 15.4 Å². The number of hydrogen-bond donors (Lipinski definition) is 2. The van der Waals surface area contributed by atoms with Crippen molar-refractivity contribution in [3.05, 3.63) is 103 Å². The summed E-state index contributed by atoms with van der Waals surface area (Å²) in [6, 6.07) is 14.5. The predicted octanol–water partition coefficient (Wildman–Crippen LogP) is 5.97. The van der Waals surface area contributed by atoms with E-state index in [-0.39, 0.29) is 32.7 Å². The number of nitro benzene ring substituents is 1. The second-order valence-corrected chi connectivity index (χ2v) is 8.04. The van der Waals surface area contributed by atoms with E-state index < -0.39 is 16.7 Å². The fourth-order valence-electron chi connectivity index (χ4n) is 2.87. The predicted molar refractivity (Wildman–Crippen MR) is 132 cm³/mol. The third-order valence-electron chi connectivity index (χ3n) is 4.47. The van der Waals surface area contributed by atoms with Gasteiger partial charge in [0.25, 0.3) is 17.5 Å². The summed E-state index contributed by atoms with van der Waals surface area (Å²) in [5, 5.41) is 17.1. The topological polar surface area (TPSA) is 111 Å². The van der Waals surface area contributed by atoms with Crippen molar-refractivity contribution >= 4 is 64.1 Å². The largest absolute Gasteiger partial charge is 0.496 e. The van der Waals surface area contributed by atoms with Crippen LogP contribution < -0.4 is 15.4 Å². The monoisotopic (exact) mass is 519 g/mol. The van der Waals surface area contributed by atoms with Gasteiger partial charge in [0.15, 0.2) is 0 Å². The van der Waals surface area contributed by atoms with Crippen LogP contribution in [0.25, 0.3) is 6.08 Å². The van der Waals surface area contributed by atoms with Gasteiger partial charge in [-0.05, 0) is 48.0 Å². The van der Waals surface area contributed by atoms with Crippen molar-refractivity contribution < 1.29 is 19.2 Å². The number of anilines is 1. The van der Waals surface area contributed by atoms with Crippen molar-refractivity contribution in [3.8, 4) is 5.75 Å². The van der Waals surface area contributed by atoms with Crippen LogP contribution in [0.1, 0.15) is 15.9 Å². The zero-order valence-corrected chi connectivity index (χ0v) is 19.7. The highest BCUT2D eigenvalue weighted by atomic mass is 35.5. The molecule has 2 amide bonds. The van der Waals surface area contributed by atoms with E-state index in [1.807, 2.05) is 0 Å². The van der Waals surface area contributed by atoms with Gasteiger partial charge in [0.1, 0.15) is 11.4 Å². The molecule has 11 heteroatoms. The Morgan fingerprint density at radius 3 is 2.44 bits per heavy atom. The van der Waals surface area contributed by atoms with Gasteiger partial charge in [-0.25, -0.2) is 0 Å². The Morgan fingerprint density at radius 2 is 1.76 bits per heavy atom. The first-order valence-electron chi connectivity index (χ1n) is 9.55. The molecule has 174 valence electrons. The summed E-state index contributed by atoms with van der Waals surface area (Å²) in [6.07, 6.45) is 1.30. The highest BCUT2D eigenvalue weighted by Crippen LogP contribution is 2.26. The lowest BCUT2D eigenvalue weighted by Gasteiger charge is -2.13. The molecule has 0 radical (unpaired) electrons. The normalized spacial score (nSPS) is 11.0. The summed E-state index contributed by atoms with van der Waals surface area (Å²) in [4.78, 5) is 36.6. The Morgan fingerprint density at radius 1 is 1.00 bits per heavy atom. The average Bonchev–Trinajstić information content (AvgIpc) is 2.81. The summed E-state index contributed by atoms with van der Waals surface area (Å²) in [7, 11) is 1.39. The first-order chi connectivity index (χ1) is 16.2. The summed E-state index contributed by atoms with van der Waals surface area (Å²) in [5.41, 5.74) is 0.340. The van der Waals surface area contributed by atoms with E-state index in [1.54, 1.807) is 12.1 Å². The maximum Gasteiger partial charge on any atom is 0.272 e. The number of non-ortho nitro benzene ring substituents is 1. The van der Waals surface area contributed by atoms with E-state index in [9.17, 15) is 19.7 Å². The molecule has 0 bridgehead atoms. The van der Waals surface area contributed by atoms with E-state index in [0.29, 0.717) is 16.3 Å². The first-order valence-corrected chi connectivity index (χ1v) is 10.7. The molecular weight excluding hydrogens is 505 g/mol. The number of methoxy groups -OCH3 is 1. The minimum Gasteiger partial charge on any atom is -0.496 e. The summed E-state index contributed by atoms with van der Waals surface area (Å²) < 4.78 is 5.20. The molecule has 0 aliphatic heterocycles. The number of carbonyl (C=O) groups is 2. The zero-order chi connectivity index (χ0) is 24.8. The van der Waals surface area contributed by atoms with Gasteiger partial charge in [-0.1, -0.05) is 46.9 Å². The number of rotatable bonds is 7. The van der Waals surface area contributed by atoms with Gasteiger partial charge in [0.05, 0.1) is 27.6 Å². The fourth-order valence-corrected chi connectivity index (χ4v) is 3.34. The Hall–Kier alpha value is -3.59. The molecule has 0 unspecified atom stereocenters. The van der Waals surface area contributed by atoms with Crippen LogP contribution in [-0.4, -0.2) is 23.8 Å². The SMILES string of the molecule is COc1ccc(Cl)cc1C(=O)N/C(=C\c1cccc([N+](=O)[O-])c1)C(=O)Nc1ccc(Cl)c(Cl)c1. The van der Waals surface area contributed by atoms with Gasteiger partial charge in [-0.15, -0.1) is 0 Å². The molecule has 0 heterocycles. The Bertz CT molecular complexity index is 1310. The van der Waals surface area contributed by atoms with Crippen molar-refractivity contribution in [1.29, 1.82) is 0 Å². The molecule has 0 aliphatic carbocycles. The van der Waals surface area contributed by atoms with Crippen molar-refractivity contribution in [1.82, 2.24) is 5.32 Å². The lowest BCUT2D eigenvalue weighted by molar-refractivity contribution is -0.384. The van der Waals surface area contributed by atoms with Crippen molar-refractivity contribution in [3.63, 3.8) is 0 Å². The smallest absolute Gasteiger partial charge is 0.272 e. The van der Waals surface area contributed by atoms with E-state index in [4.69, 9.17) is 39.5 Å². The van der Waals surface area contributed by atoms with Gasteiger partial charge >= 0.3 is 0 Å². The molecule has 3 aromatic rings. The van der Waals surface area contributed by atoms with Crippen LogP contribution in [0.2, 0.25) is 15.1 Å². The number of ether oxygens (including phenoxy) is 1. The Balaban J connectivity index is 1.99. The van der Waals surface area contributed by atoms with E-state index in [1.165, 1.54) is 61.7 Å². The number of halogens is 3. The Kier molecular flexibility index (Phi) is 8.12.